The van der Waals surface area contributed by atoms with E-state index in [9.17, 15) is 0 Å². The molecule has 0 spiro atoms. The third-order valence-corrected chi connectivity index (χ3v) is 2.91. The van der Waals surface area contributed by atoms with Gasteiger partial charge in [-0.1, -0.05) is 50.6 Å². The molecule has 0 radical (unpaired) electrons. The van der Waals surface area contributed by atoms with E-state index in [0.29, 0.717) is 5.15 Å². The molecule has 16 heavy (non-hydrogen) atoms. The van der Waals surface area contributed by atoms with Gasteiger partial charge in [-0.05, 0) is 18.6 Å². The second-order valence-electron chi connectivity index (χ2n) is 4.04. The lowest BCUT2D eigenvalue weighted by Gasteiger charge is -2.06. The minimum Gasteiger partial charge on any atom is -0.383 e. The Morgan fingerprint density at radius 2 is 1.94 bits per heavy atom. The lowest BCUT2D eigenvalue weighted by atomic mass is 10.1. The van der Waals surface area contributed by atoms with Gasteiger partial charge in [0.05, 0.1) is 5.69 Å². The van der Waals surface area contributed by atoms with Crippen molar-refractivity contribution >= 4 is 17.3 Å². The Hall–Kier alpha value is -0.760. The molecule has 0 fully saturated rings. The summed E-state index contributed by atoms with van der Waals surface area (Å²) in [6, 6.07) is 3.86. The Balaban J connectivity index is 2.05. The number of aromatic nitrogens is 1. The quantitative estimate of drug-likeness (QED) is 0.534. The van der Waals surface area contributed by atoms with Gasteiger partial charge in [-0.3, -0.25) is 0 Å². The second kappa shape index (κ2) is 8.40. The molecule has 0 aliphatic carbocycles. The third-order valence-electron chi connectivity index (χ3n) is 2.60. The number of unbranched alkanes of at least 4 members (excludes halogenated alkanes) is 5. The SMILES string of the molecule is CCCCCCCCNc1cccnc1Cl. The molecule has 0 aliphatic heterocycles. The van der Waals surface area contributed by atoms with E-state index in [2.05, 4.69) is 17.2 Å². The number of rotatable bonds is 8. The van der Waals surface area contributed by atoms with E-state index in [1.165, 1.54) is 38.5 Å². The highest BCUT2D eigenvalue weighted by Crippen LogP contribution is 2.17. The van der Waals surface area contributed by atoms with Crippen LogP contribution in [0.3, 0.4) is 0 Å². The van der Waals surface area contributed by atoms with Crippen LogP contribution in [0.15, 0.2) is 18.3 Å². The van der Waals surface area contributed by atoms with Gasteiger partial charge < -0.3 is 5.32 Å². The highest BCUT2D eigenvalue weighted by molar-refractivity contribution is 6.31. The van der Waals surface area contributed by atoms with Crippen molar-refractivity contribution in [2.75, 3.05) is 11.9 Å². The number of halogens is 1. The van der Waals surface area contributed by atoms with E-state index in [1.807, 2.05) is 12.1 Å². The summed E-state index contributed by atoms with van der Waals surface area (Å²) in [5.41, 5.74) is 0.942. The summed E-state index contributed by atoms with van der Waals surface area (Å²) in [4.78, 5) is 4.02. The number of nitrogens with zero attached hydrogens (tertiary/aromatic N) is 1. The first-order chi connectivity index (χ1) is 7.84. The van der Waals surface area contributed by atoms with Crippen LogP contribution in [0.2, 0.25) is 5.15 Å². The average Bonchev–Trinajstić information content (AvgIpc) is 2.30. The van der Waals surface area contributed by atoms with E-state index in [0.717, 1.165) is 12.2 Å². The molecule has 1 aromatic rings. The van der Waals surface area contributed by atoms with Crippen molar-refractivity contribution in [2.24, 2.45) is 0 Å². The predicted octanol–water partition coefficient (Wildman–Crippen LogP) is 4.51. The molecular formula is C13H21ClN2. The Labute approximate surface area is 103 Å². The Morgan fingerprint density at radius 3 is 2.69 bits per heavy atom. The standard InChI is InChI=1S/C13H21ClN2/c1-2-3-4-5-6-7-10-15-12-9-8-11-16-13(12)14/h8-9,11,15H,2-7,10H2,1H3. The molecule has 3 heteroatoms. The van der Waals surface area contributed by atoms with Crippen molar-refractivity contribution in [2.45, 2.75) is 45.4 Å². The smallest absolute Gasteiger partial charge is 0.152 e. The molecule has 0 amide bonds. The molecule has 1 aromatic heterocycles. The summed E-state index contributed by atoms with van der Waals surface area (Å²) in [6.45, 7) is 3.23. The molecule has 0 saturated heterocycles. The van der Waals surface area contributed by atoms with Gasteiger partial charge in [-0.2, -0.15) is 0 Å². The van der Waals surface area contributed by atoms with E-state index in [-0.39, 0.29) is 0 Å². The molecule has 0 atom stereocenters. The zero-order valence-corrected chi connectivity index (χ0v) is 10.8. The summed E-state index contributed by atoms with van der Waals surface area (Å²) in [6.07, 6.45) is 9.59. The first-order valence-electron chi connectivity index (χ1n) is 6.19. The summed E-state index contributed by atoms with van der Waals surface area (Å²) in [5, 5.41) is 3.87. The molecule has 1 heterocycles. The van der Waals surface area contributed by atoms with E-state index in [1.54, 1.807) is 6.20 Å². The van der Waals surface area contributed by atoms with Gasteiger partial charge in [0.15, 0.2) is 5.15 Å². The van der Waals surface area contributed by atoms with Crippen LogP contribution in [-0.4, -0.2) is 11.5 Å². The fraction of sp³-hybridized carbons (Fsp3) is 0.615. The lowest BCUT2D eigenvalue weighted by Crippen LogP contribution is -2.02. The fourth-order valence-electron chi connectivity index (χ4n) is 1.65. The van der Waals surface area contributed by atoms with Gasteiger partial charge in [0.2, 0.25) is 0 Å². The molecular weight excluding hydrogens is 220 g/mol. The van der Waals surface area contributed by atoms with Gasteiger partial charge >= 0.3 is 0 Å². The van der Waals surface area contributed by atoms with E-state index in [4.69, 9.17) is 11.6 Å². The maximum atomic E-state index is 5.93. The normalized spacial score (nSPS) is 10.4. The predicted molar refractivity (Wildman–Crippen MR) is 71.1 cm³/mol. The fourth-order valence-corrected chi connectivity index (χ4v) is 1.83. The van der Waals surface area contributed by atoms with Crippen LogP contribution in [0.1, 0.15) is 45.4 Å². The lowest BCUT2D eigenvalue weighted by molar-refractivity contribution is 0.617. The monoisotopic (exact) mass is 240 g/mol. The Bertz CT molecular complexity index is 289. The number of hydrogen-bond donors (Lipinski definition) is 1. The zero-order chi connectivity index (χ0) is 11.6. The molecule has 1 rings (SSSR count). The highest BCUT2D eigenvalue weighted by Gasteiger charge is 1.97. The van der Waals surface area contributed by atoms with Crippen LogP contribution < -0.4 is 5.32 Å². The van der Waals surface area contributed by atoms with Crippen LogP contribution >= 0.6 is 11.6 Å². The van der Waals surface area contributed by atoms with Crippen LogP contribution in [0.5, 0.6) is 0 Å². The van der Waals surface area contributed by atoms with E-state index < -0.39 is 0 Å². The van der Waals surface area contributed by atoms with Crippen LogP contribution in [0.25, 0.3) is 0 Å². The van der Waals surface area contributed by atoms with Crippen LogP contribution in [-0.2, 0) is 0 Å². The van der Waals surface area contributed by atoms with Crippen molar-refractivity contribution in [3.63, 3.8) is 0 Å². The van der Waals surface area contributed by atoms with Crippen LogP contribution in [0, 0.1) is 0 Å². The molecule has 0 bridgehead atoms. The summed E-state index contributed by atoms with van der Waals surface area (Å²) < 4.78 is 0. The van der Waals surface area contributed by atoms with Gasteiger partial charge in [0.1, 0.15) is 0 Å². The molecule has 2 nitrogen and oxygen atoms in total. The third kappa shape index (κ3) is 5.36. The number of nitrogens with one attached hydrogen (secondary N) is 1. The van der Waals surface area contributed by atoms with Gasteiger partial charge in [0.25, 0.3) is 0 Å². The maximum absolute atomic E-state index is 5.93. The van der Waals surface area contributed by atoms with Gasteiger partial charge in [-0.15, -0.1) is 0 Å². The minimum absolute atomic E-state index is 0.563. The van der Waals surface area contributed by atoms with Gasteiger partial charge in [-0.25, -0.2) is 4.98 Å². The molecule has 0 unspecified atom stereocenters. The molecule has 0 aliphatic rings. The second-order valence-corrected chi connectivity index (χ2v) is 4.39. The molecule has 1 N–H and O–H groups in total. The molecule has 0 saturated carbocycles. The number of hydrogen-bond acceptors (Lipinski definition) is 2. The highest BCUT2D eigenvalue weighted by atomic mass is 35.5. The van der Waals surface area contributed by atoms with Crippen molar-refractivity contribution in [3.05, 3.63) is 23.5 Å². The first-order valence-corrected chi connectivity index (χ1v) is 6.56. The van der Waals surface area contributed by atoms with Gasteiger partial charge in [0, 0.05) is 12.7 Å². The Morgan fingerprint density at radius 1 is 1.19 bits per heavy atom. The topological polar surface area (TPSA) is 24.9 Å². The minimum atomic E-state index is 0.563. The van der Waals surface area contributed by atoms with Crippen molar-refractivity contribution < 1.29 is 0 Å². The summed E-state index contributed by atoms with van der Waals surface area (Å²) in [5.74, 6) is 0. The number of pyridine rings is 1. The Kier molecular flexibility index (Phi) is 6.98. The van der Waals surface area contributed by atoms with Crippen molar-refractivity contribution in [1.82, 2.24) is 4.98 Å². The molecule has 0 aromatic carbocycles. The van der Waals surface area contributed by atoms with Crippen molar-refractivity contribution in [1.29, 1.82) is 0 Å². The molecule has 90 valence electrons. The van der Waals surface area contributed by atoms with Crippen molar-refractivity contribution in [3.8, 4) is 0 Å². The van der Waals surface area contributed by atoms with Crippen LogP contribution in [0.4, 0.5) is 5.69 Å². The zero-order valence-electron chi connectivity index (χ0n) is 10.0. The maximum Gasteiger partial charge on any atom is 0.152 e. The largest absolute Gasteiger partial charge is 0.383 e. The summed E-state index contributed by atoms with van der Waals surface area (Å²) in [7, 11) is 0. The van der Waals surface area contributed by atoms with E-state index >= 15 is 0 Å². The first kappa shape index (κ1) is 13.3. The number of anilines is 1. The average molecular weight is 241 g/mol. The summed E-state index contributed by atoms with van der Waals surface area (Å²) >= 11 is 5.93.